The van der Waals surface area contributed by atoms with Crippen molar-refractivity contribution in [3.63, 3.8) is 0 Å². The van der Waals surface area contributed by atoms with Crippen LogP contribution in [0.5, 0.6) is 0 Å². The number of hydrogen-bond acceptors (Lipinski definition) is 3. The van der Waals surface area contributed by atoms with Gasteiger partial charge in [-0.15, -0.1) is 13.1 Å². The molecule has 1 saturated carbocycles. The summed E-state index contributed by atoms with van der Waals surface area (Å²) in [6, 6.07) is 0. The second-order valence-electron chi connectivity index (χ2n) is 3.47. The third-order valence-electron chi connectivity index (χ3n) is 2.43. The molecule has 0 bridgehead atoms. The topological polar surface area (TPSA) is 111 Å². The maximum absolute atomic E-state index is 9.56. The van der Waals surface area contributed by atoms with E-state index in [2.05, 4.69) is 0 Å². The van der Waals surface area contributed by atoms with Gasteiger partial charge in [0.05, 0.1) is 0 Å². The van der Waals surface area contributed by atoms with Crippen LogP contribution < -0.4 is 10.2 Å². The molecule has 0 aromatic heterocycles. The Labute approximate surface area is 104 Å². The van der Waals surface area contributed by atoms with Crippen LogP contribution in [0.25, 0.3) is 11.5 Å². The molecule has 6 heteroatoms. The van der Waals surface area contributed by atoms with E-state index in [9.17, 15) is 15.0 Å². The Hall–Kier alpha value is 0.0383. The standard InChI is InChI=1S/C6H12N2.C3H5O3.Pt/c7-3-5-1-2-6(5)4-8;1-2(4)3(5)6;/h5-8H,1-4H2;2H,1H3,(H,5,6);/q-2;-1;+4/p-1. The Morgan fingerprint density at radius 1 is 1.33 bits per heavy atom. The van der Waals surface area contributed by atoms with Crippen LogP contribution in [0.1, 0.15) is 19.8 Å². The number of rotatable bonds is 3. The average molecular weight is 395 g/mol. The molecule has 1 rings (SSSR count). The summed E-state index contributed by atoms with van der Waals surface area (Å²) in [7, 11) is 0. The first-order valence-electron chi connectivity index (χ1n) is 4.68. The van der Waals surface area contributed by atoms with Crippen LogP contribution >= 0.6 is 0 Å². The van der Waals surface area contributed by atoms with Crippen molar-refractivity contribution in [3.05, 3.63) is 11.5 Å². The number of carbonyl (C=O) groups excluding carboxylic acids is 1. The third kappa shape index (κ3) is 7.01. The molecule has 0 aromatic carbocycles. The predicted octanol–water partition coefficient (Wildman–Crippen LogP) is -0.400. The molecule has 0 aromatic rings. The van der Waals surface area contributed by atoms with Crippen LogP contribution in [0.2, 0.25) is 0 Å². The normalized spacial score (nSPS) is 25.1. The molecule has 15 heavy (non-hydrogen) atoms. The first-order valence-corrected chi connectivity index (χ1v) is 4.68. The van der Waals surface area contributed by atoms with Crippen molar-refractivity contribution in [2.24, 2.45) is 11.8 Å². The number of hydrogen-bond donors (Lipinski definition) is 0. The van der Waals surface area contributed by atoms with Gasteiger partial charge in [0.25, 0.3) is 0 Å². The summed E-state index contributed by atoms with van der Waals surface area (Å²) in [5.41, 5.74) is 14.0. The fraction of sp³-hybridized carbons (Fsp3) is 0.889. The van der Waals surface area contributed by atoms with Crippen LogP contribution in [0.3, 0.4) is 0 Å². The van der Waals surface area contributed by atoms with Crippen LogP contribution in [-0.2, 0) is 25.9 Å². The number of carbonyl (C=O) groups is 1. The summed E-state index contributed by atoms with van der Waals surface area (Å²) in [5.74, 6) is -0.394. The van der Waals surface area contributed by atoms with E-state index in [1.54, 1.807) is 0 Å². The number of carboxylic acids is 1. The molecule has 0 radical (unpaired) electrons. The summed E-state index contributed by atoms with van der Waals surface area (Å²) < 4.78 is 0. The zero-order valence-corrected chi connectivity index (χ0v) is 10.9. The molecule has 1 aliphatic rings. The molecule has 3 atom stereocenters. The Kier molecular flexibility index (Phi) is 10.8. The first kappa shape index (κ1) is 17.4. The molecule has 1 fully saturated rings. The van der Waals surface area contributed by atoms with E-state index in [0.717, 1.165) is 6.92 Å². The minimum Gasteiger partial charge on any atom is -0.848 e. The van der Waals surface area contributed by atoms with Crippen LogP contribution in [0.4, 0.5) is 0 Å². The molecule has 0 amide bonds. The van der Waals surface area contributed by atoms with Crippen molar-refractivity contribution in [2.45, 2.75) is 25.9 Å². The van der Waals surface area contributed by atoms with Crippen LogP contribution in [-0.4, -0.2) is 25.2 Å². The average Bonchev–Trinajstić information content (AvgIpc) is 2.05. The fourth-order valence-corrected chi connectivity index (χ4v) is 1.18. The van der Waals surface area contributed by atoms with Crippen molar-refractivity contribution < 1.29 is 36.1 Å². The van der Waals surface area contributed by atoms with Gasteiger partial charge in [0.1, 0.15) is 0 Å². The third-order valence-corrected chi connectivity index (χ3v) is 2.43. The SMILES string of the molecule is CC([O-])C(=O)[O-].[NH-]CC1CCC1C[NH-].[Pt+4]. The number of nitrogens with one attached hydrogen (secondary N) is 2. The molecule has 1 aliphatic carbocycles. The first-order chi connectivity index (χ1) is 6.52. The van der Waals surface area contributed by atoms with Crippen molar-refractivity contribution >= 4 is 5.97 Å². The van der Waals surface area contributed by atoms with E-state index in [1.807, 2.05) is 0 Å². The van der Waals surface area contributed by atoms with Gasteiger partial charge in [-0.2, -0.15) is 0 Å². The minimum atomic E-state index is -1.59. The zero-order chi connectivity index (χ0) is 11.1. The Morgan fingerprint density at radius 2 is 1.60 bits per heavy atom. The molecule has 0 spiro atoms. The van der Waals surface area contributed by atoms with Crippen LogP contribution in [0, 0.1) is 11.8 Å². The van der Waals surface area contributed by atoms with E-state index in [-0.39, 0.29) is 21.1 Å². The smallest absolute Gasteiger partial charge is 0.848 e. The van der Waals surface area contributed by atoms with Gasteiger partial charge >= 0.3 is 21.1 Å². The van der Waals surface area contributed by atoms with Gasteiger partial charge in [-0.05, 0) is 0 Å². The Balaban J connectivity index is 0. The van der Waals surface area contributed by atoms with E-state index in [1.165, 1.54) is 12.8 Å². The Morgan fingerprint density at radius 3 is 1.67 bits per heavy atom. The van der Waals surface area contributed by atoms with Gasteiger partial charge in [0.2, 0.25) is 0 Å². The van der Waals surface area contributed by atoms with Gasteiger partial charge < -0.3 is 26.5 Å². The molecule has 5 nitrogen and oxygen atoms in total. The van der Waals surface area contributed by atoms with Gasteiger partial charge in [0.15, 0.2) is 0 Å². The van der Waals surface area contributed by atoms with E-state index in [0.29, 0.717) is 24.9 Å². The zero-order valence-electron chi connectivity index (χ0n) is 8.60. The second-order valence-corrected chi connectivity index (χ2v) is 3.47. The van der Waals surface area contributed by atoms with Gasteiger partial charge in [-0.1, -0.05) is 37.7 Å². The van der Waals surface area contributed by atoms with Gasteiger partial charge in [0, 0.05) is 5.97 Å². The summed E-state index contributed by atoms with van der Waals surface area (Å²) in [5, 5.41) is 18.8. The fourth-order valence-electron chi connectivity index (χ4n) is 1.18. The number of carboxylic acid groups (broad SMARTS) is 1. The van der Waals surface area contributed by atoms with E-state index in [4.69, 9.17) is 11.5 Å². The molecule has 0 saturated heterocycles. The molecule has 2 N–H and O–H groups in total. The van der Waals surface area contributed by atoms with Crippen molar-refractivity contribution in [1.82, 2.24) is 0 Å². The maximum Gasteiger partial charge on any atom is 4.00 e. The van der Waals surface area contributed by atoms with Crippen molar-refractivity contribution in [1.29, 1.82) is 0 Å². The monoisotopic (exact) mass is 395 g/mol. The summed E-state index contributed by atoms with van der Waals surface area (Å²) in [6.07, 6.45) is 0.810. The van der Waals surface area contributed by atoms with Gasteiger partial charge in [-0.3, -0.25) is 0 Å². The minimum absolute atomic E-state index is 0. The van der Waals surface area contributed by atoms with E-state index >= 15 is 0 Å². The predicted molar refractivity (Wildman–Crippen MR) is 49.1 cm³/mol. The molecule has 3 unspecified atom stereocenters. The molecular formula is C9H16N2O3Pt. The largest absolute Gasteiger partial charge is 4.00 e. The summed E-state index contributed by atoms with van der Waals surface area (Å²) in [4.78, 5) is 9.28. The summed E-state index contributed by atoms with van der Waals surface area (Å²) >= 11 is 0. The van der Waals surface area contributed by atoms with Gasteiger partial charge in [-0.25, -0.2) is 0 Å². The van der Waals surface area contributed by atoms with Crippen molar-refractivity contribution in [3.8, 4) is 0 Å². The maximum atomic E-state index is 9.56. The molecule has 0 aliphatic heterocycles. The quantitative estimate of drug-likeness (QED) is 0.648. The molecule has 0 heterocycles. The molecular weight excluding hydrogens is 379 g/mol. The molecule has 90 valence electrons. The second kappa shape index (κ2) is 9.28. The van der Waals surface area contributed by atoms with E-state index < -0.39 is 12.1 Å². The van der Waals surface area contributed by atoms with Crippen LogP contribution in [0.15, 0.2) is 0 Å². The van der Waals surface area contributed by atoms with Crippen molar-refractivity contribution in [2.75, 3.05) is 13.1 Å². The summed E-state index contributed by atoms with van der Waals surface area (Å²) in [6.45, 7) is 2.11. The number of aliphatic carboxylic acids is 1. The Bertz CT molecular complexity index is 165.